The van der Waals surface area contributed by atoms with Gasteiger partial charge >= 0.3 is 0 Å². The van der Waals surface area contributed by atoms with Gasteiger partial charge in [-0.15, -0.1) is 0 Å². The number of hydrogen-bond acceptors (Lipinski definition) is 3. The lowest BCUT2D eigenvalue weighted by Crippen LogP contribution is -2.39. The molecule has 25 heavy (non-hydrogen) atoms. The molecule has 0 bridgehead atoms. The number of rotatable bonds is 5. The van der Waals surface area contributed by atoms with Gasteiger partial charge in [-0.3, -0.25) is 0 Å². The molecule has 1 N–H and O–H groups in total. The molecule has 1 fully saturated rings. The van der Waals surface area contributed by atoms with Gasteiger partial charge in [-0.2, -0.15) is 0 Å². The molecule has 0 saturated carbocycles. The molecule has 134 valence electrons. The maximum atomic E-state index is 12.9. The standard InChI is InChI=1S/C20H25NO3S/c1-15-6-10-17(11-7-15)20(19-5-3-4-14-24-19)21-25(22,23)18-12-8-16(2)9-13-18/h6-13,19-21H,3-5,14H2,1-2H3/t19-,20-/m0/s1. The highest BCUT2D eigenvalue weighted by atomic mass is 32.2. The number of ether oxygens (including phenoxy) is 1. The van der Waals surface area contributed by atoms with E-state index in [2.05, 4.69) is 4.72 Å². The molecule has 1 saturated heterocycles. The summed E-state index contributed by atoms with van der Waals surface area (Å²) in [5.74, 6) is 0. The van der Waals surface area contributed by atoms with Gasteiger partial charge in [0.05, 0.1) is 17.0 Å². The van der Waals surface area contributed by atoms with Crippen LogP contribution in [0.15, 0.2) is 53.4 Å². The third-order valence-electron chi connectivity index (χ3n) is 4.64. The molecule has 2 aromatic rings. The van der Waals surface area contributed by atoms with E-state index in [0.29, 0.717) is 6.61 Å². The third-order valence-corrected chi connectivity index (χ3v) is 6.09. The SMILES string of the molecule is Cc1ccc([C@H](NS(=O)(=O)c2ccc(C)cc2)[C@@H]2CCCCO2)cc1. The van der Waals surface area contributed by atoms with Crippen molar-refractivity contribution in [1.29, 1.82) is 0 Å². The highest BCUT2D eigenvalue weighted by molar-refractivity contribution is 7.89. The van der Waals surface area contributed by atoms with Crippen LogP contribution in [0.1, 0.15) is 42.0 Å². The number of hydrogen-bond donors (Lipinski definition) is 1. The first-order chi connectivity index (χ1) is 12.0. The third kappa shape index (κ3) is 4.48. The molecular formula is C20H25NO3S. The summed E-state index contributed by atoms with van der Waals surface area (Å²) in [4.78, 5) is 0.283. The van der Waals surface area contributed by atoms with E-state index in [1.807, 2.05) is 50.2 Å². The molecule has 2 aromatic carbocycles. The van der Waals surface area contributed by atoms with Crippen LogP contribution in [-0.2, 0) is 14.8 Å². The minimum atomic E-state index is -3.61. The van der Waals surface area contributed by atoms with E-state index in [1.54, 1.807) is 12.1 Å². The Hall–Kier alpha value is -1.69. The molecule has 0 radical (unpaired) electrons. The van der Waals surface area contributed by atoms with E-state index in [1.165, 1.54) is 0 Å². The normalized spacial score (nSPS) is 19.5. The van der Waals surface area contributed by atoms with E-state index >= 15 is 0 Å². The smallest absolute Gasteiger partial charge is 0.241 e. The quantitative estimate of drug-likeness (QED) is 0.881. The van der Waals surface area contributed by atoms with Gasteiger partial charge < -0.3 is 4.74 Å². The molecule has 5 heteroatoms. The lowest BCUT2D eigenvalue weighted by atomic mass is 9.96. The second-order valence-corrected chi connectivity index (χ2v) is 8.44. The van der Waals surface area contributed by atoms with Crippen LogP contribution in [0.2, 0.25) is 0 Å². The highest BCUT2D eigenvalue weighted by Gasteiger charge is 2.30. The summed E-state index contributed by atoms with van der Waals surface area (Å²) in [6.07, 6.45) is 2.80. The van der Waals surface area contributed by atoms with Crippen molar-refractivity contribution in [1.82, 2.24) is 4.72 Å². The Bertz CT molecular complexity index is 792. The lowest BCUT2D eigenvalue weighted by Gasteiger charge is -2.31. The van der Waals surface area contributed by atoms with E-state index in [-0.39, 0.29) is 17.0 Å². The number of aryl methyl sites for hydroxylation is 2. The zero-order valence-electron chi connectivity index (χ0n) is 14.7. The van der Waals surface area contributed by atoms with Gasteiger partial charge in [0, 0.05) is 6.61 Å². The highest BCUT2D eigenvalue weighted by Crippen LogP contribution is 2.28. The Morgan fingerprint density at radius 1 is 0.960 bits per heavy atom. The molecule has 0 amide bonds. The van der Waals surface area contributed by atoms with Crippen LogP contribution in [-0.4, -0.2) is 21.1 Å². The van der Waals surface area contributed by atoms with Crippen molar-refractivity contribution in [2.45, 2.75) is 50.2 Å². The van der Waals surface area contributed by atoms with Gasteiger partial charge in [0.2, 0.25) is 10.0 Å². The lowest BCUT2D eigenvalue weighted by molar-refractivity contribution is -0.00347. The van der Waals surface area contributed by atoms with Crippen molar-refractivity contribution >= 4 is 10.0 Å². The minimum absolute atomic E-state index is 0.142. The van der Waals surface area contributed by atoms with Crippen molar-refractivity contribution < 1.29 is 13.2 Å². The fraction of sp³-hybridized carbons (Fsp3) is 0.400. The van der Waals surface area contributed by atoms with Gasteiger partial charge in [-0.25, -0.2) is 13.1 Å². The predicted octanol–water partition coefficient (Wildman–Crippen LogP) is 3.89. The summed E-state index contributed by atoms with van der Waals surface area (Å²) in [6, 6.07) is 14.5. The Morgan fingerprint density at radius 3 is 2.12 bits per heavy atom. The molecule has 0 aliphatic carbocycles. The summed E-state index contributed by atoms with van der Waals surface area (Å²) in [7, 11) is -3.61. The maximum Gasteiger partial charge on any atom is 0.241 e. The summed E-state index contributed by atoms with van der Waals surface area (Å²) in [5, 5.41) is 0. The van der Waals surface area contributed by atoms with E-state index in [9.17, 15) is 8.42 Å². The van der Waals surface area contributed by atoms with Crippen molar-refractivity contribution in [3.05, 3.63) is 65.2 Å². The van der Waals surface area contributed by atoms with Gasteiger partial charge in [0.1, 0.15) is 0 Å². The maximum absolute atomic E-state index is 12.9. The van der Waals surface area contributed by atoms with Gasteiger partial charge in [0.25, 0.3) is 0 Å². The van der Waals surface area contributed by atoms with E-state index < -0.39 is 10.0 Å². The Kier molecular flexibility index (Phi) is 5.57. The van der Waals surface area contributed by atoms with Crippen LogP contribution in [0.5, 0.6) is 0 Å². The van der Waals surface area contributed by atoms with Crippen LogP contribution < -0.4 is 4.72 Å². The molecule has 3 rings (SSSR count). The monoisotopic (exact) mass is 359 g/mol. The van der Waals surface area contributed by atoms with E-state index in [0.717, 1.165) is 36.0 Å². The average molecular weight is 359 g/mol. The van der Waals surface area contributed by atoms with Crippen LogP contribution in [0, 0.1) is 13.8 Å². The van der Waals surface area contributed by atoms with Crippen LogP contribution in [0.3, 0.4) is 0 Å². The van der Waals surface area contributed by atoms with Crippen LogP contribution in [0.4, 0.5) is 0 Å². The van der Waals surface area contributed by atoms with Gasteiger partial charge in [-0.1, -0.05) is 47.5 Å². The van der Waals surface area contributed by atoms with Gasteiger partial charge in [0.15, 0.2) is 0 Å². The molecule has 0 aromatic heterocycles. The molecule has 0 spiro atoms. The Labute approximate surface area is 150 Å². The number of sulfonamides is 1. The summed E-state index contributed by atoms with van der Waals surface area (Å²) < 4.78 is 34.5. The summed E-state index contributed by atoms with van der Waals surface area (Å²) in [6.45, 7) is 4.64. The molecule has 4 nitrogen and oxygen atoms in total. The van der Waals surface area contributed by atoms with Crippen LogP contribution >= 0.6 is 0 Å². The molecular weight excluding hydrogens is 334 g/mol. The summed E-state index contributed by atoms with van der Waals surface area (Å²) in [5.41, 5.74) is 3.12. The predicted molar refractivity (Wildman–Crippen MR) is 99.0 cm³/mol. The second-order valence-electron chi connectivity index (χ2n) is 6.73. The zero-order chi connectivity index (χ0) is 17.9. The van der Waals surface area contributed by atoms with Crippen molar-refractivity contribution in [2.75, 3.05) is 6.61 Å². The molecule has 1 heterocycles. The number of benzene rings is 2. The first kappa shape index (κ1) is 18.1. The van der Waals surface area contributed by atoms with Crippen LogP contribution in [0.25, 0.3) is 0 Å². The molecule has 1 aliphatic rings. The molecule has 0 unspecified atom stereocenters. The topological polar surface area (TPSA) is 55.4 Å². The average Bonchev–Trinajstić information content (AvgIpc) is 2.62. The largest absolute Gasteiger partial charge is 0.376 e. The Balaban J connectivity index is 1.90. The molecule has 2 atom stereocenters. The molecule has 1 aliphatic heterocycles. The van der Waals surface area contributed by atoms with Crippen molar-refractivity contribution in [3.63, 3.8) is 0 Å². The fourth-order valence-electron chi connectivity index (χ4n) is 3.11. The second kappa shape index (κ2) is 7.68. The first-order valence-corrected chi connectivity index (χ1v) is 10.2. The first-order valence-electron chi connectivity index (χ1n) is 8.73. The number of nitrogens with one attached hydrogen (secondary N) is 1. The van der Waals surface area contributed by atoms with E-state index in [4.69, 9.17) is 4.74 Å². The fourth-order valence-corrected chi connectivity index (χ4v) is 4.37. The summed E-state index contributed by atoms with van der Waals surface area (Å²) >= 11 is 0. The van der Waals surface area contributed by atoms with Crippen molar-refractivity contribution in [2.24, 2.45) is 0 Å². The zero-order valence-corrected chi connectivity index (χ0v) is 15.6. The Morgan fingerprint density at radius 2 is 1.56 bits per heavy atom. The van der Waals surface area contributed by atoms with Gasteiger partial charge in [-0.05, 0) is 50.8 Å². The minimum Gasteiger partial charge on any atom is -0.376 e. The van der Waals surface area contributed by atoms with Crippen molar-refractivity contribution in [3.8, 4) is 0 Å².